The molecule has 0 bridgehead atoms. The van der Waals surface area contributed by atoms with E-state index in [9.17, 15) is 26.7 Å². The highest BCUT2D eigenvalue weighted by atomic mass is 19.4. The molecular weight excluding hydrogens is 291 g/mol. The SMILES string of the molecule is COC(=O)c1cc(CN)c(C(F)F)nc1OC(F)(F)F. The number of ether oxygens (including phenoxy) is 2. The van der Waals surface area contributed by atoms with Crippen molar-refractivity contribution in [1.82, 2.24) is 4.98 Å². The lowest BCUT2D eigenvalue weighted by atomic mass is 10.1. The zero-order valence-electron chi connectivity index (χ0n) is 10.0. The summed E-state index contributed by atoms with van der Waals surface area (Å²) in [6.45, 7) is -0.442. The van der Waals surface area contributed by atoms with Crippen molar-refractivity contribution in [3.05, 3.63) is 22.9 Å². The Morgan fingerprint density at radius 1 is 1.45 bits per heavy atom. The second-order valence-electron chi connectivity index (χ2n) is 3.43. The van der Waals surface area contributed by atoms with Crippen LogP contribution in [0.3, 0.4) is 0 Å². The second kappa shape index (κ2) is 5.99. The number of carbonyl (C=O) groups excluding carboxylic acids is 1. The predicted molar refractivity (Wildman–Crippen MR) is 55.1 cm³/mol. The van der Waals surface area contributed by atoms with Crippen molar-refractivity contribution in [3.8, 4) is 5.88 Å². The van der Waals surface area contributed by atoms with E-state index in [-0.39, 0.29) is 5.56 Å². The average molecular weight is 300 g/mol. The molecule has 112 valence electrons. The summed E-state index contributed by atoms with van der Waals surface area (Å²) in [5, 5.41) is 0. The lowest BCUT2D eigenvalue weighted by Crippen LogP contribution is -2.21. The first-order valence-electron chi connectivity index (χ1n) is 5.05. The number of pyridine rings is 1. The smallest absolute Gasteiger partial charge is 0.465 e. The Bertz CT molecular complexity index is 504. The van der Waals surface area contributed by atoms with Crippen molar-refractivity contribution in [3.63, 3.8) is 0 Å². The van der Waals surface area contributed by atoms with Crippen LogP contribution in [0.5, 0.6) is 5.88 Å². The minimum Gasteiger partial charge on any atom is -0.465 e. The molecule has 1 aromatic heterocycles. The second-order valence-corrected chi connectivity index (χ2v) is 3.43. The Morgan fingerprint density at radius 2 is 2.05 bits per heavy atom. The number of carbonyl (C=O) groups is 1. The van der Waals surface area contributed by atoms with E-state index in [2.05, 4.69) is 14.5 Å². The van der Waals surface area contributed by atoms with Crippen LogP contribution >= 0.6 is 0 Å². The molecule has 0 radical (unpaired) electrons. The molecule has 0 aromatic carbocycles. The number of methoxy groups -OCH3 is 1. The van der Waals surface area contributed by atoms with Crippen LogP contribution in [-0.2, 0) is 11.3 Å². The summed E-state index contributed by atoms with van der Waals surface area (Å²) < 4.78 is 69.6. The fourth-order valence-corrected chi connectivity index (χ4v) is 1.35. The highest BCUT2D eigenvalue weighted by molar-refractivity contribution is 5.92. The molecule has 0 atom stereocenters. The van der Waals surface area contributed by atoms with Crippen LogP contribution in [0.4, 0.5) is 22.0 Å². The first-order valence-corrected chi connectivity index (χ1v) is 5.05. The summed E-state index contributed by atoms with van der Waals surface area (Å²) in [6.07, 6.45) is -8.37. The standard InChI is InChI=1S/C10H9F5N2O3/c1-19-9(18)5-2-4(3-16)6(7(11)12)17-8(5)20-10(13,14)15/h2,7H,3,16H2,1H3. The van der Waals surface area contributed by atoms with Gasteiger partial charge in [-0.2, -0.15) is 0 Å². The molecule has 0 spiro atoms. The zero-order valence-corrected chi connectivity index (χ0v) is 10.0. The average Bonchev–Trinajstić information content (AvgIpc) is 2.35. The maximum Gasteiger partial charge on any atom is 0.574 e. The van der Waals surface area contributed by atoms with E-state index < -0.39 is 42.4 Å². The molecule has 1 heterocycles. The van der Waals surface area contributed by atoms with Crippen LogP contribution in [0.2, 0.25) is 0 Å². The highest BCUT2D eigenvalue weighted by Gasteiger charge is 2.35. The lowest BCUT2D eigenvalue weighted by molar-refractivity contribution is -0.276. The van der Waals surface area contributed by atoms with Gasteiger partial charge in [-0.25, -0.2) is 18.6 Å². The molecule has 2 N–H and O–H groups in total. The van der Waals surface area contributed by atoms with Crippen molar-refractivity contribution in [1.29, 1.82) is 0 Å². The molecule has 0 saturated carbocycles. The highest BCUT2D eigenvalue weighted by Crippen LogP contribution is 2.30. The Balaban J connectivity index is 3.43. The van der Waals surface area contributed by atoms with Gasteiger partial charge in [-0.3, -0.25) is 0 Å². The van der Waals surface area contributed by atoms with Gasteiger partial charge in [0.1, 0.15) is 11.3 Å². The Morgan fingerprint density at radius 3 is 2.45 bits per heavy atom. The van der Waals surface area contributed by atoms with Crippen molar-refractivity contribution in [2.24, 2.45) is 5.73 Å². The number of esters is 1. The number of hydrogen-bond acceptors (Lipinski definition) is 5. The van der Waals surface area contributed by atoms with Gasteiger partial charge in [0.2, 0.25) is 5.88 Å². The minimum atomic E-state index is -5.20. The molecule has 20 heavy (non-hydrogen) atoms. The van der Waals surface area contributed by atoms with Crippen molar-refractivity contribution in [2.45, 2.75) is 19.3 Å². The number of hydrogen-bond donors (Lipinski definition) is 1. The molecule has 0 amide bonds. The predicted octanol–water partition coefficient (Wildman–Crippen LogP) is 2.16. The number of aromatic nitrogens is 1. The summed E-state index contributed by atoms with van der Waals surface area (Å²) >= 11 is 0. The number of alkyl halides is 5. The van der Waals surface area contributed by atoms with Crippen molar-refractivity contribution < 1.29 is 36.2 Å². The maximum absolute atomic E-state index is 12.7. The summed E-state index contributed by atoms with van der Waals surface area (Å²) in [5.41, 5.74) is 3.18. The van der Waals surface area contributed by atoms with E-state index >= 15 is 0 Å². The number of nitrogens with zero attached hydrogens (tertiary/aromatic N) is 1. The van der Waals surface area contributed by atoms with Gasteiger partial charge in [-0.15, -0.1) is 13.2 Å². The van der Waals surface area contributed by atoms with Gasteiger partial charge in [0, 0.05) is 6.54 Å². The maximum atomic E-state index is 12.7. The Kier molecular flexibility index (Phi) is 4.82. The van der Waals surface area contributed by atoms with E-state index in [4.69, 9.17) is 5.73 Å². The van der Waals surface area contributed by atoms with Gasteiger partial charge in [0.15, 0.2) is 0 Å². The van der Waals surface area contributed by atoms with E-state index in [1.54, 1.807) is 0 Å². The monoisotopic (exact) mass is 300 g/mol. The van der Waals surface area contributed by atoms with Crippen LogP contribution in [0.25, 0.3) is 0 Å². The molecule has 5 nitrogen and oxygen atoms in total. The topological polar surface area (TPSA) is 74.4 Å². The van der Waals surface area contributed by atoms with Crippen LogP contribution < -0.4 is 10.5 Å². The van der Waals surface area contributed by atoms with Gasteiger partial charge in [-0.05, 0) is 11.6 Å². The first kappa shape index (κ1) is 16.1. The fourth-order valence-electron chi connectivity index (χ4n) is 1.35. The number of halogens is 5. The molecule has 0 saturated heterocycles. The largest absolute Gasteiger partial charge is 0.574 e. The number of rotatable bonds is 4. The molecule has 1 rings (SSSR count). The van der Waals surface area contributed by atoms with E-state index in [1.165, 1.54) is 0 Å². The summed E-state index contributed by atoms with van der Waals surface area (Å²) in [4.78, 5) is 14.4. The zero-order chi connectivity index (χ0) is 15.5. The van der Waals surface area contributed by atoms with Crippen molar-refractivity contribution >= 4 is 5.97 Å². The summed E-state index contributed by atoms with van der Waals surface area (Å²) in [6, 6.07) is 0.737. The first-order chi connectivity index (χ1) is 9.19. The molecule has 10 heteroatoms. The molecule has 0 aliphatic rings. The lowest BCUT2D eigenvalue weighted by Gasteiger charge is -2.14. The third-order valence-electron chi connectivity index (χ3n) is 2.14. The molecule has 1 aromatic rings. The van der Waals surface area contributed by atoms with E-state index in [0.29, 0.717) is 0 Å². The fraction of sp³-hybridized carbons (Fsp3) is 0.400. The number of nitrogens with two attached hydrogens (primary N) is 1. The van der Waals surface area contributed by atoms with E-state index in [1.807, 2.05) is 0 Å². The Labute approximate surface area is 109 Å². The van der Waals surface area contributed by atoms with Crippen molar-refractivity contribution in [2.75, 3.05) is 7.11 Å². The minimum absolute atomic E-state index is 0.282. The van der Waals surface area contributed by atoms with Gasteiger partial charge in [0.05, 0.1) is 7.11 Å². The van der Waals surface area contributed by atoms with Gasteiger partial charge in [0.25, 0.3) is 6.43 Å². The molecule has 0 aliphatic heterocycles. The molecule has 0 unspecified atom stereocenters. The Hall–Kier alpha value is -1.97. The molecule has 0 fully saturated rings. The normalized spacial score (nSPS) is 11.6. The third kappa shape index (κ3) is 3.76. The van der Waals surface area contributed by atoms with Crippen LogP contribution in [0.15, 0.2) is 6.07 Å². The van der Waals surface area contributed by atoms with Gasteiger partial charge in [-0.1, -0.05) is 0 Å². The van der Waals surface area contributed by atoms with Gasteiger partial charge >= 0.3 is 12.3 Å². The quantitative estimate of drug-likeness (QED) is 0.681. The van der Waals surface area contributed by atoms with E-state index in [0.717, 1.165) is 13.2 Å². The summed E-state index contributed by atoms with van der Waals surface area (Å²) in [7, 11) is 0.906. The van der Waals surface area contributed by atoms with Crippen LogP contribution in [0, 0.1) is 0 Å². The molecular formula is C10H9F5N2O3. The molecule has 0 aliphatic carbocycles. The third-order valence-corrected chi connectivity index (χ3v) is 2.14. The van der Waals surface area contributed by atoms with Crippen LogP contribution in [-0.4, -0.2) is 24.4 Å². The summed E-state index contributed by atoms with van der Waals surface area (Å²) in [5.74, 6) is -2.52. The van der Waals surface area contributed by atoms with Crippen LogP contribution in [0.1, 0.15) is 28.0 Å². The van der Waals surface area contributed by atoms with Gasteiger partial charge < -0.3 is 15.2 Å².